The Labute approximate surface area is 107 Å². The average Bonchev–Trinajstić information content (AvgIpc) is 2.27. The quantitative estimate of drug-likeness (QED) is 0.373. The summed E-state index contributed by atoms with van der Waals surface area (Å²) in [6, 6.07) is 8.41. The molecule has 3 heteroatoms. The minimum atomic E-state index is 0. The first-order valence-electron chi connectivity index (χ1n) is 3.09. The molecule has 0 aliphatic rings. The summed E-state index contributed by atoms with van der Waals surface area (Å²) in [5, 5.41) is 0. The van der Waals surface area contributed by atoms with Crippen LogP contribution in [0.3, 0.4) is 0 Å². The minimum Gasteiger partial charge on any atom is -0.504 e. The van der Waals surface area contributed by atoms with Crippen molar-refractivity contribution in [1.29, 1.82) is 0 Å². The molecule has 50 valence electrons. The predicted molar refractivity (Wildman–Crippen MR) is 37.6 cm³/mol. The number of nitrogens with zero attached hydrogens (tertiary/aromatic N) is 1. The van der Waals surface area contributed by atoms with Gasteiger partial charge in [-0.1, -0.05) is 0 Å². The summed E-state index contributed by atoms with van der Waals surface area (Å²) in [5.74, 6) is 0.703. The topological polar surface area (TPSA) is 26.0 Å². The van der Waals surface area contributed by atoms with Crippen molar-refractivity contribution >= 4 is 11.1 Å². The van der Waals surface area contributed by atoms with E-state index >= 15 is 0 Å². The van der Waals surface area contributed by atoms with Crippen molar-refractivity contribution in [3.8, 4) is 0 Å². The standard InChI is InChI=1S/C8H6NO.K/c1-6-9-7-4-2-3-5-8(7)10-6;/h2,4-5H,1H3;/q-1;+1. The van der Waals surface area contributed by atoms with E-state index < -0.39 is 0 Å². The molecule has 0 amide bonds. The Balaban J connectivity index is 0.000000605. The van der Waals surface area contributed by atoms with Crippen molar-refractivity contribution in [2.45, 2.75) is 6.92 Å². The molecule has 1 aromatic heterocycles. The third-order valence-electron chi connectivity index (χ3n) is 1.34. The molecule has 0 saturated carbocycles. The van der Waals surface area contributed by atoms with Crippen molar-refractivity contribution in [2.75, 3.05) is 0 Å². The maximum Gasteiger partial charge on any atom is 1.00 e. The van der Waals surface area contributed by atoms with Gasteiger partial charge in [-0.2, -0.15) is 12.1 Å². The number of rotatable bonds is 0. The van der Waals surface area contributed by atoms with Gasteiger partial charge in [0.05, 0.1) is 0 Å². The molecule has 1 heterocycles. The van der Waals surface area contributed by atoms with Gasteiger partial charge in [-0.3, -0.25) is 0 Å². The van der Waals surface area contributed by atoms with E-state index in [4.69, 9.17) is 4.42 Å². The van der Waals surface area contributed by atoms with Gasteiger partial charge in [0, 0.05) is 12.5 Å². The maximum atomic E-state index is 5.23. The molecule has 0 fully saturated rings. The molecule has 0 unspecified atom stereocenters. The molecule has 0 saturated heterocycles. The van der Waals surface area contributed by atoms with Crippen LogP contribution in [-0.4, -0.2) is 4.98 Å². The smallest absolute Gasteiger partial charge is 0.504 e. The SMILES string of the molecule is Cc1nc2cc[c-]cc2o1.[K+]. The van der Waals surface area contributed by atoms with E-state index in [2.05, 4.69) is 11.1 Å². The molecule has 0 aliphatic heterocycles. The third kappa shape index (κ3) is 1.92. The molecule has 0 bridgehead atoms. The molecule has 1 aromatic carbocycles. The van der Waals surface area contributed by atoms with Gasteiger partial charge in [0.15, 0.2) is 5.89 Å². The summed E-state index contributed by atoms with van der Waals surface area (Å²) in [6.45, 7) is 1.83. The number of fused-ring (bicyclic) bond motifs is 1. The summed E-state index contributed by atoms with van der Waals surface area (Å²) in [6.07, 6.45) is 0. The number of aryl methyl sites for hydroxylation is 1. The maximum absolute atomic E-state index is 5.23. The normalized spacial score (nSPS) is 9.55. The molecule has 0 radical (unpaired) electrons. The number of hydrogen-bond donors (Lipinski definition) is 0. The zero-order valence-electron chi connectivity index (χ0n) is 6.59. The molecule has 2 nitrogen and oxygen atoms in total. The molecule has 0 N–H and O–H groups in total. The number of oxazole rings is 1. The Bertz CT molecular complexity index is 323. The van der Waals surface area contributed by atoms with Crippen molar-refractivity contribution in [2.24, 2.45) is 0 Å². The Hall–Kier alpha value is 0.326. The van der Waals surface area contributed by atoms with Crippen LogP contribution in [0.2, 0.25) is 0 Å². The van der Waals surface area contributed by atoms with Crippen LogP contribution in [0, 0.1) is 13.0 Å². The van der Waals surface area contributed by atoms with Crippen LogP contribution in [0.4, 0.5) is 0 Å². The van der Waals surface area contributed by atoms with E-state index in [9.17, 15) is 0 Å². The second-order valence-electron chi connectivity index (χ2n) is 2.13. The van der Waals surface area contributed by atoms with Gasteiger partial charge in [0.1, 0.15) is 0 Å². The first-order chi connectivity index (χ1) is 4.86. The Morgan fingerprint density at radius 1 is 1.55 bits per heavy atom. The van der Waals surface area contributed by atoms with Crippen LogP contribution in [0.1, 0.15) is 5.89 Å². The van der Waals surface area contributed by atoms with E-state index in [0.717, 1.165) is 11.1 Å². The van der Waals surface area contributed by atoms with E-state index in [1.165, 1.54) is 0 Å². The van der Waals surface area contributed by atoms with Crippen LogP contribution < -0.4 is 51.4 Å². The Kier molecular flexibility index (Phi) is 3.27. The summed E-state index contributed by atoms with van der Waals surface area (Å²) in [7, 11) is 0. The van der Waals surface area contributed by atoms with Crippen LogP contribution in [0.5, 0.6) is 0 Å². The number of hydrogen-bond acceptors (Lipinski definition) is 2. The van der Waals surface area contributed by atoms with Gasteiger partial charge < -0.3 is 4.42 Å². The van der Waals surface area contributed by atoms with Gasteiger partial charge in [-0.15, -0.1) is 12.1 Å². The molecule has 2 aromatic rings. The molecule has 0 atom stereocenters. The molecule has 2 rings (SSSR count). The first-order valence-corrected chi connectivity index (χ1v) is 3.09. The fourth-order valence-electron chi connectivity index (χ4n) is 0.933. The minimum absolute atomic E-state index is 0. The zero-order valence-corrected chi connectivity index (χ0v) is 9.71. The summed E-state index contributed by atoms with van der Waals surface area (Å²) >= 11 is 0. The van der Waals surface area contributed by atoms with Crippen molar-refractivity contribution in [3.63, 3.8) is 0 Å². The average molecular weight is 171 g/mol. The molecule has 0 spiro atoms. The molecule has 11 heavy (non-hydrogen) atoms. The van der Waals surface area contributed by atoms with Crippen LogP contribution >= 0.6 is 0 Å². The van der Waals surface area contributed by atoms with Crippen molar-refractivity contribution in [1.82, 2.24) is 4.98 Å². The molecular weight excluding hydrogens is 165 g/mol. The van der Waals surface area contributed by atoms with Crippen molar-refractivity contribution < 1.29 is 55.8 Å². The fraction of sp³-hybridized carbons (Fsp3) is 0.125. The zero-order chi connectivity index (χ0) is 6.97. The van der Waals surface area contributed by atoms with Crippen LogP contribution in [-0.2, 0) is 0 Å². The van der Waals surface area contributed by atoms with Gasteiger partial charge >= 0.3 is 51.4 Å². The largest absolute Gasteiger partial charge is 1.00 e. The summed E-state index contributed by atoms with van der Waals surface area (Å²) < 4.78 is 5.23. The van der Waals surface area contributed by atoms with Gasteiger partial charge in [-0.05, 0) is 5.52 Å². The van der Waals surface area contributed by atoms with E-state index in [-0.39, 0.29) is 51.4 Å². The second-order valence-corrected chi connectivity index (χ2v) is 2.13. The third-order valence-corrected chi connectivity index (χ3v) is 1.34. The fourth-order valence-corrected chi connectivity index (χ4v) is 0.933. The van der Waals surface area contributed by atoms with Crippen molar-refractivity contribution in [3.05, 3.63) is 30.2 Å². The van der Waals surface area contributed by atoms with E-state index in [1.807, 2.05) is 19.1 Å². The molecular formula is C8H6KNO. The first kappa shape index (κ1) is 9.41. The van der Waals surface area contributed by atoms with E-state index in [0.29, 0.717) is 5.89 Å². The monoisotopic (exact) mass is 171 g/mol. The summed E-state index contributed by atoms with van der Waals surface area (Å²) in [4.78, 5) is 4.13. The Morgan fingerprint density at radius 2 is 2.36 bits per heavy atom. The summed E-state index contributed by atoms with van der Waals surface area (Å²) in [5.41, 5.74) is 1.70. The van der Waals surface area contributed by atoms with E-state index in [1.54, 1.807) is 6.07 Å². The van der Waals surface area contributed by atoms with Gasteiger partial charge in [-0.25, -0.2) is 4.98 Å². The molecule has 0 aliphatic carbocycles. The van der Waals surface area contributed by atoms with Crippen LogP contribution in [0.15, 0.2) is 22.6 Å². The predicted octanol–water partition coefficient (Wildman–Crippen LogP) is -1.06. The number of aromatic nitrogens is 1. The Morgan fingerprint density at radius 3 is 3.09 bits per heavy atom. The second kappa shape index (κ2) is 3.82. The number of benzene rings is 1. The van der Waals surface area contributed by atoms with Crippen LogP contribution in [0.25, 0.3) is 11.1 Å². The van der Waals surface area contributed by atoms with Gasteiger partial charge in [0.2, 0.25) is 0 Å². The van der Waals surface area contributed by atoms with Gasteiger partial charge in [0.25, 0.3) is 0 Å².